The van der Waals surface area contributed by atoms with Crippen LogP contribution in [0.25, 0.3) is 5.69 Å². The molecule has 0 spiro atoms. The Hall–Kier alpha value is -3.23. The van der Waals surface area contributed by atoms with Gasteiger partial charge in [-0.15, -0.1) is 0 Å². The molecule has 0 bridgehead atoms. The first kappa shape index (κ1) is 25.9. The summed E-state index contributed by atoms with van der Waals surface area (Å²) in [5, 5.41) is 8.43. The van der Waals surface area contributed by atoms with Gasteiger partial charge in [-0.25, -0.2) is 9.48 Å². The highest BCUT2D eigenvalue weighted by atomic mass is 35.5. The summed E-state index contributed by atoms with van der Waals surface area (Å²) in [5.74, 6) is 1.65. The van der Waals surface area contributed by atoms with Crippen molar-refractivity contribution in [3.63, 3.8) is 0 Å². The predicted molar refractivity (Wildman–Crippen MR) is 139 cm³/mol. The lowest BCUT2D eigenvalue weighted by Crippen LogP contribution is -2.45. The number of amides is 2. The summed E-state index contributed by atoms with van der Waals surface area (Å²) in [6, 6.07) is 14.7. The number of hydrogen-bond acceptors (Lipinski definition) is 5. The van der Waals surface area contributed by atoms with Crippen LogP contribution >= 0.6 is 11.6 Å². The van der Waals surface area contributed by atoms with E-state index in [9.17, 15) is 4.79 Å². The number of halogens is 1. The maximum absolute atomic E-state index is 13.2. The number of para-hydroxylation sites is 2. The molecule has 0 aliphatic carbocycles. The monoisotopic (exact) mass is 512 g/mol. The fraction of sp³-hybridized carbons (Fsp3) is 0.407. The van der Waals surface area contributed by atoms with Gasteiger partial charge in [0.1, 0.15) is 0 Å². The van der Waals surface area contributed by atoms with Gasteiger partial charge in [0.2, 0.25) is 5.88 Å². The SMILES string of the molecule is COc1ccccc1Oc1c(CN(CC2CCCO2)C(=O)NC(C)C)c(C)nn1-c1ccc(Cl)cc1. The Morgan fingerprint density at radius 2 is 1.94 bits per heavy atom. The summed E-state index contributed by atoms with van der Waals surface area (Å²) in [5.41, 5.74) is 2.34. The number of ether oxygens (including phenoxy) is 3. The lowest BCUT2D eigenvalue weighted by Gasteiger charge is -2.27. The van der Waals surface area contributed by atoms with E-state index in [-0.39, 0.29) is 18.2 Å². The van der Waals surface area contributed by atoms with Crippen LogP contribution in [0.5, 0.6) is 17.4 Å². The highest BCUT2D eigenvalue weighted by molar-refractivity contribution is 6.30. The van der Waals surface area contributed by atoms with Crippen LogP contribution in [0.1, 0.15) is 37.9 Å². The van der Waals surface area contributed by atoms with Crippen LogP contribution < -0.4 is 14.8 Å². The molecule has 1 N–H and O–H groups in total. The minimum absolute atomic E-state index is 0.00619. The second-order valence-electron chi connectivity index (χ2n) is 9.13. The fourth-order valence-electron chi connectivity index (χ4n) is 4.17. The molecule has 1 aliphatic rings. The Bertz CT molecular complexity index is 1170. The van der Waals surface area contributed by atoms with E-state index >= 15 is 0 Å². The molecule has 8 nitrogen and oxygen atoms in total. The number of aromatic nitrogens is 2. The number of methoxy groups -OCH3 is 1. The molecule has 2 aromatic carbocycles. The normalized spacial score (nSPS) is 15.2. The number of benzene rings is 2. The lowest BCUT2D eigenvalue weighted by molar-refractivity contribution is 0.0789. The summed E-state index contributed by atoms with van der Waals surface area (Å²) in [6.07, 6.45) is 1.94. The highest BCUT2D eigenvalue weighted by Crippen LogP contribution is 2.36. The molecule has 2 amide bonds. The van der Waals surface area contributed by atoms with Gasteiger partial charge in [0.15, 0.2) is 11.5 Å². The zero-order chi connectivity index (χ0) is 25.7. The van der Waals surface area contributed by atoms with E-state index in [1.807, 2.05) is 57.2 Å². The molecule has 1 aromatic heterocycles. The van der Waals surface area contributed by atoms with Crippen LogP contribution in [-0.4, -0.2) is 53.1 Å². The van der Waals surface area contributed by atoms with Gasteiger partial charge in [0.25, 0.3) is 0 Å². The summed E-state index contributed by atoms with van der Waals surface area (Å²) < 4.78 is 19.5. The summed E-state index contributed by atoms with van der Waals surface area (Å²) in [7, 11) is 1.60. The van der Waals surface area contributed by atoms with E-state index in [1.165, 1.54) is 0 Å². The van der Waals surface area contributed by atoms with Crippen molar-refractivity contribution in [1.82, 2.24) is 20.0 Å². The summed E-state index contributed by atoms with van der Waals surface area (Å²) in [4.78, 5) is 15.0. The molecule has 1 saturated heterocycles. The maximum Gasteiger partial charge on any atom is 0.317 e. The number of carbonyl (C=O) groups excluding carboxylic acids is 1. The number of carbonyl (C=O) groups is 1. The summed E-state index contributed by atoms with van der Waals surface area (Å²) >= 11 is 6.13. The van der Waals surface area contributed by atoms with Crippen LogP contribution in [0.15, 0.2) is 48.5 Å². The number of nitrogens with zero attached hydrogens (tertiary/aromatic N) is 3. The van der Waals surface area contributed by atoms with Crippen molar-refractivity contribution in [1.29, 1.82) is 0 Å². The number of urea groups is 1. The number of rotatable bonds is 9. The average Bonchev–Trinajstić information content (AvgIpc) is 3.47. The number of hydrogen-bond donors (Lipinski definition) is 1. The van der Waals surface area contributed by atoms with Crippen LogP contribution in [0, 0.1) is 6.92 Å². The molecular weight excluding hydrogens is 480 g/mol. The Balaban J connectivity index is 1.75. The average molecular weight is 513 g/mol. The van der Waals surface area contributed by atoms with Gasteiger partial charge in [-0.2, -0.15) is 5.10 Å². The third-order valence-corrected chi connectivity index (χ3v) is 6.23. The molecule has 2 heterocycles. The lowest BCUT2D eigenvalue weighted by atomic mass is 10.2. The maximum atomic E-state index is 13.2. The second-order valence-corrected chi connectivity index (χ2v) is 9.57. The van der Waals surface area contributed by atoms with Gasteiger partial charge < -0.3 is 24.4 Å². The van der Waals surface area contributed by atoms with Crippen molar-refractivity contribution >= 4 is 17.6 Å². The number of aryl methyl sites for hydroxylation is 1. The van der Waals surface area contributed by atoms with Gasteiger partial charge >= 0.3 is 6.03 Å². The molecule has 9 heteroatoms. The first-order valence-corrected chi connectivity index (χ1v) is 12.6. The minimum atomic E-state index is -0.151. The Morgan fingerprint density at radius 3 is 2.58 bits per heavy atom. The molecule has 192 valence electrons. The minimum Gasteiger partial charge on any atom is -0.493 e. The van der Waals surface area contributed by atoms with Crippen molar-refractivity contribution in [2.45, 2.75) is 52.3 Å². The molecule has 0 radical (unpaired) electrons. The molecule has 3 aromatic rings. The molecule has 1 atom stereocenters. The molecular formula is C27H33ClN4O4. The first-order chi connectivity index (χ1) is 17.4. The first-order valence-electron chi connectivity index (χ1n) is 12.2. The largest absolute Gasteiger partial charge is 0.493 e. The molecule has 1 fully saturated rings. The van der Waals surface area contributed by atoms with Gasteiger partial charge in [-0.3, -0.25) is 0 Å². The van der Waals surface area contributed by atoms with Gasteiger partial charge in [-0.05, 0) is 70.0 Å². The fourth-order valence-corrected chi connectivity index (χ4v) is 4.30. The molecule has 1 aliphatic heterocycles. The van der Waals surface area contributed by atoms with Crippen LogP contribution in [0.4, 0.5) is 4.79 Å². The molecule has 0 saturated carbocycles. The van der Waals surface area contributed by atoms with E-state index < -0.39 is 0 Å². The van der Waals surface area contributed by atoms with E-state index in [0.717, 1.165) is 36.4 Å². The van der Waals surface area contributed by atoms with E-state index in [4.69, 9.17) is 30.9 Å². The molecule has 1 unspecified atom stereocenters. The Morgan fingerprint density at radius 1 is 1.22 bits per heavy atom. The van der Waals surface area contributed by atoms with Gasteiger partial charge in [-0.1, -0.05) is 23.7 Å². The quantitative estimate of drug-likeness (QED) is 0.396. The highest BCUT2D eigenvalue weighted by Gasteiger charge is 2.28. The second kappa shape index (κ2) is 11.7. The van der Waals surface area contributed by atoms with Crippen LogP contribution in [-0.2, 0) is 11.3 Å². The van der Waals surface area contributed by atoms with Crippen molar-refractivity contribution in [2.24, 2.45) is 0 Å². The third-order valence-electron chi connectivity index (χ3n) is 5.98. The standard InChI is InChI=1S/C27H33ClN4O4/c1-18(2)29-27(33)31(16-22-8-7-15-35-22)17-23-19(3)30-32(21-13-11-20(28)12-14-21)26(23)36-25-10-6-5-9-24(25)34-4/h5-6,9-14,18,22H,7-8,15-17H2,1-4H3,(H,29,33). The van der Waals surface area contributed by atoms with Crippen molar-refractivity contribution in [3.8, 4) is 23.1 Å². The Labute approximate surface area is 217 Å². The number of nitrogens with one attached hydrogen (secondary N) is 1. The third kappa shape index (κ3) is 6.12. The van der Waals surface area contributed by atoms with Gasteiger partial charge in [0, 0.05) is 24.2 Å². The zero-order valence-electron chi connectivity index (χ0n) is 21.2. The van der Waals surface area contributed by atoms with Crippen LogP contribution in [0.3, 0.4) is 0 Å². The smallest absolute Gasteiger partial charge is 0.317 e. The summed E-state index contributed by atoms with van der Waals surface area (Å²) in [6.45, 7) is 7.33. The van der Waals surface area contributed by atoms with Gasteiger partial charge in [0.05, 0.1) is 36.7 Å². The van der Waals surface area contributed by atoms with E-state index in [0.29, 0.717) is 35.5 Å². The molecule has 36 heavy (non-hydrogen) atoms. The topological polar surface area (TPSA) is 77.8 Å². The predicted octanol–water partition coefficient (Wildman–Crippen LogP) is 5.73. The van der Waals surface area contributed by atoms with Crippen molar-refractivity contribution in [3.05, 3.63) is 64.8 Å². The van der Waals surface area contributed by atoms with E-state index in [1.54, 1.807) is 28.8 Å². The van der Waals surface area contributed by atoms with Crippen molar-refractivity contribution < 1.29 is 19.0 Å². The zero-order valence-corrected chi connectivity index (χ0v) is 21.9. The Kier molecular flexibility index (Phi) is 8.38. The van der Waals surface area contributed by atoms with Crippen LogP contribution in [0.2, 0.25) is 5.02 Å². The van der Waals surface area contributed by atoms with E-state index in [2.05, 4.69) is 5.32 Å². The van der Waals surface area contributed by atoms with Crippen molar-refractivity contribution in [2.75, 3.05) is 20.3 Å². The molecule has 4 rings (SSSR count).